The summed E-state index contributed by atoms with van der Waals surface area (Å²) in [5.41, 5.74) is 0. The lowest BCUT2D eigenvalue weighted by Crippen LogP contribution is -2.42. The van der Waals surface area contributed by atoms with Gasteiger partial charge >= 0.3 is 0 Å². The van der Waals surface area contributed by atoms with Gasteiger partial charge in [-0.1, -0.05) is 11.6 Å². The molecule has 0 aliphatic carbocycles. The molecule has 1 amide bonds. The molecule has 0 saturated carbocycles. The van der Waals surface area contributed by atoms with Crippen molar-refractivity contribution in [3.8, 4) is 0 Å². The quantitative estimate of drug-likeness (QED) is 0.855. The number of morpholine rings is 1. The fraction of sp³-hybridized carbons (Fsp3) is 0.500. The maximum Gasteiger partial charge on any atom is 0.246 e. The molecule has 0 N–H and O–H groups in total. The minimum atomic E-state index is -0.338. The Bertz CT molecular complexity index is 657. The summed E-state index contributed by atoms with van der Waals surface area (Å²) < 4.78 is 11.8. The van der Waals surface area contributed by atoms with Crippen molar-refractivity contribution < 1.29 is 13.9 Å². The average Bonchev–Trinajstić information content (AvgIpc) is 3.13. The normalized spacial score (nSPS) is 18.6. The van der Waals surface area contributed by atoms with Crippen LogP contribution in [0.5, 0.6) is 0 Å². The maximum absolute atomic E-state index is 12.3. The van der Waals surface area contributed by atoms with Gasteiger partial charge in [0.05, 0.1) is 17.5 Å². The first-order valence-corrected chi connectivity index (χ1v) is 8.25. The van der Waals surface area contributed by atoms with Gasteiger partial charge < -0.3 is 14.1 Å². The van der Waals surface area contributed by atoms with Crippen LogP contribution in [0.25, 0.3) is 0 Å². The predicted octanol–water partition coefficient (Wildman–Crippen LogP) is 2.63. The standard InChI is InChI=1S/C14H16ClN3O3S/c1-9-16-17-14(21-9)11-8-18(6-7-20-11)13(19)5-3-10-2-4-12(15)22-10/h2,4,11H,3,5-8H2,1H3. The van der Waals surface area contributed by atoms with Crippen molar-refractivity contribution in [1.29, 1.82) is 0 Å². The third-order valence-electron chi connectivity index (χ3n) is 3.45. The van der Waals surface area contributed by atoms with Crippen LogP contribution in [0.3, 0.4) is 0 Å². The minimum Gasteiger partial charge on any atom is -0.423 e. The van der Waals surface area contributed by atoms with Gasteiger partial charge in [-0.25, -0.2) is 0 Å². The fourth-order valence-electron chi connectivity index (χ4n) is 2.34. The van der Waals surface area contributed by atoms with Gasteiger partial charge in [-0.15, -0.1) is 21.5 Å². The van der Waals surface area contributed by atoms with E-state index in [2.05, 4.69) is 10.2 Å². The highest BCUT2D eigenvalue weighted by Gasteiger charge is 2.28. The van der Waals surface area contributed by atoms with Crippen LogP contribution >= 0.6 is 22.9 Å². The molecule has 1 saturated heterocycles. The highest BCUT2D eigenvalue weighted by molar-refractivity contribution is 7.16. The molecule has 1 atom stereocenters. The van der Waals surface area contributed by atoms with Gasteiger partial charge in [0.25, 0.3) is 0 Å². The summed E-state index contributed by atoms with van der Waals surface area (Å²) in [6.07, 6.45) is 0.833. The monoisotopic (exact) mass is 341 g/mol. The minimum absolute atomic E-state index is 0.106. The Kier molecular flexibility index (Phi) is 4.75. The SMILES string of the molecule is Cc1nnc(C2CN(C(=O)CCc3ccc(Cl)s3)CCO2)o1. The second-order valence-corrected chi connectivity index (χ2v) is 6.86. The van der Waals surface area contributed by atoms with E-state index in [4.69, 9.17) is 20.8 Å². The topological polar surface area (TPSA) is 68.5 Å². The van der Waals surface area contributed by atoms with Crippen molar-refractivity contribution in [3.63, 3.8) is 0 Å². The molecular weight excluding hydrogens is 326 g/mol. The van der Waals surface area contributed by atoms with Gasteiger partial charge in [0.2, 0.25) is 17.7 Å². The Labute approximate surface area is 137 Å². The number of thiophene rings is 1. The van der Waals surface area contributed by atoms with Crippen molar-refractivity contribution >= 4 is 28.8 Å². The van der Waals surface area contributed by atoms with Crippen LogP contribution in [0.1, 0.15) is 29.2 Å². The summed E-state index contributed by atoms with van der Waals surface area (Å²) in [7, 11) is 0. The number of ether oxygens (including phenoxy) is 1. The Morgan fingerprint density at radius 3 is 3.05 bits per heavy atom. The molecule has 0 spiro atoms. The number of rotatable bonds is 4. The molecule has 1 unspecified atom stereocenters. The van der Waals surface area contributed by atoms with Crippen molar-refractivity contribution in [2.75, 3.05) is 19.7 Å². The van der Waals surface area contributed by atoms with Crippen LogP contribution in [0.15, 0.2) is 16.5 Å². The summed E-state index contributed by atoms with van der Waals surface area (Å²) in [4.78, 5) is 15.3. The van der Waals surface area contributed by atoms with Gasteiger partial charge in [0.1, 0.15) is 0 Å². The van der Waals surface area contributed by atoms with Crippen molar-refractivity contribution in [3.05, 3.63) is 33.1 Å². The molecule has 3 rings (SSSR count). The lowest BCUT2D eigenvalue weighted by molar-refractivity contribution is -0.139. The summed E-state index contributed by atoms with van der Waals surface area (Å²) in [5.74, 6) is 1.03. The molecule has 6 nitrogen and oxygen atoms in total. The van der Waals surface area contributed by atoms with Gasteiger partial charge in [0, 0.05) is 24.8 Å². The molecule has 0 aromatic carbocycles. The van der Waals surface area contributed by atoms with E-state index >= 15 is 0 Å². The maximum atomic E-state index is 12.3. The van der Waals surface area contributed by atoms with Gasteiger partial charge in [0.15, 0.2) is 6.10 Å². The van der Waals surface area contributed by atoms with Crippen LogP contribution in [0.4, 0.5) is 0 Å². The molecule has 8 heteroatoms. The number of hydrogen-bond donors (Lipinski definition) is 0. The largest absolute Gasteiger partial charge is 0.423 e. The van der Waals surface area contributed by atoms with Crippen molar-refractivity contribution in [1.82, 2.24) is 15.1 Å². The number of hydrogen-bond acceptors (Lipinski definition) is 6. The Hall–Kier alpha value is -1.44. The van der Waals surface area contributed by atoms with Crippen LogP contribution in [-0.4, -0.2) is 40.7 Å². The van der Waals surface area contributed by atoms with Crippen LogP contribution < -0.4 is 0 Å². The molecule has 0 radical (unpaired) electrons. The van der Waals surface area contributed by atoms with E-state index in [9.17, 15) is 4.79 Å². The average molecular weight is 342 g/mol. The zero-order valence-corrected chi connectivity index (χ0v) is 13.7. The summed E-state index contributed by atoms with van der Waals surface area (Å²) in [5, 5.41) is 7.77. The third-order valence-corrected chi connectivity index (χ3v) is 4.74. The zero-order chi connectivity index (χ0) is 15.5. The van der Waals surface area contributed by atoms with Crippen LogP contribution in [0.2, 0.25) is 4.34 Å². The van der Waals surface area contributed by atoms with E-state index in [1.807, 2.05) is 12.1 Å². The second kappa shape index (κ2) is 6.76. The first-order chi connectivity index (χ1) is 10.6. The Balaban J connectivity index is 1.55. The van der Waals surface area contributed by atoms with Crippen LogP contribution in [-0.2, 0) is 16.0 Å². The number of aryl methyl sites for hydroxylation is 2. The number of carbonyl (C=O) groups excluding carboxylic acids is 1. The van der Waals surface area contributed by atoms with E-state index in [0.717, 1.165) is 9.21 Å². The van der Waals surface area contributed by atoms with E-state index < -0.39 is 0 Å². The molecule has 118 valence electrons. The molecule has 1 aliphatic rings. The lowest BCUT2D eigenvalue weighted by Gasteiger charge is -2.31. The number of nitrogens with zero attached hydrogens (tertiary/aromatic N) is 3. The summed E-state index contributed by atoms with van der Waals surface area (Å²) in [6, 6.07) is 3.82. The number of halogens is 1. The molecular formula is C14H16ClN3O3S. The molecule has 3 heterocycles. The van der Waals surface area contributed by atoms with Gasteiger partial charge in [-0.05, 0) is 18.6 Å². The molecule has 0 bridgehead atoms. The van der Waals surface area contributed by atoms with Crippen molar-refractivity contribution in [2.24, 2.45) is 0 Å². The number of aromatic nitrogens is 2. The van der Waals surface area contributed by atoms with Gasteiger partial charge in [-0.3, -0.25) is 4.79 Å². The smallest absolute Gasteiger partial charge is 0.246 e. The number of carbonyl (C=O) groups is 1. The van der Waals surface area contributed by atoms with E-state index in [0.29, 0.717) is 44.3 Å². The van der Waals surface area contributed by atoms with Crippen molar-refractivity contribution in [2.45, 2.75) is 25.9 Å². The Morgan fingerprint density at radius 1 is 1.50 bits per heavy atom. The lowest BCUT2D eigenvalue weighted by atomic mass is 10.2. The van der Waals surface area contributed by atoms with E-state index in [1.165, 1.54) is 11.3 Å². The highest BCUT2D eigenvalue weighted by atomic mass is 35.5. The predicted molar refractivity (Wildman–Crippen MR) is 82.0 cm³/mol. The summed E-state index contributed by atoms with van der Waals surface area (Å²) >= 11 is 7.41. The fourth-order valence-corrected chi connectivity index (χ4v) is 3.43. The molecule has 1 fully saturated rings. The number of amides is 1. The van der Waals surface area contributed by atoms with E-state index in [-0.39, 0.29) is 12.0 Å². The molecule has 1 aliphatic heterocycles. The zero-order valence-electron chi connectivity index (χ0n) is 12.1. The molecule has 2 aromatic heterocycles. The van der Waals surface area contributed by atoms with E-state index in [1.54, 1.807) is 11.8 Å². The third kappa shape index (κ3) is 3.66. The first-order valence-electron chi connectivity index (χ1n) is 7.05. The Morgan fingerprint density at radius 2 is 2.36 bits per heavy atom. The highest BCUT2D eigenvalue weighted by Crippen LogP contribution is 2.24. The first kappa shape index (κ1) is 15.5. The van der Waals surface area contributed by atoms with Crippen LogP contribution in [0, 0.1) is 6.92 Å². The summed E-state index contributed by atoms with van der Waals surface area (Å²) in [6.45, 7) is 3.25. The molecule has 2 aromatic rings. The second-order valence-electron chi connectivity index (χ2n) is 5.06. The van der Waals surface area contributed by atoms with Gasteiger partial charge in [-0.2, -0.15) is 0 Å². The molecule has 22 heavy (non-hydrogen) atoms.